The number of pyridine rings is 1. The molecule has 3 fully saturated rings. The van der Waals surface area contributed by atoms with Crippen molar-refractivity contribution in [2.75, 3.05) is 19.0 Å². The molecular weight excluding hydrogens is 902 g/mol. The van der Waals surface area contributed by atoms with Gasteiger partial charge >= 0.3 is 6.18 Å². The maximum atomic E-state index is 14.9. The summed E-state index contributed by atoms with van der Waals surface area (Å²) in [4.78, 5) is 64.9. The van der Waals surface area contributed by atoms with Crippen molar-refractivity contribution in [1.82, 2.24) is 14.9 Å². The van der Waals surface area contributed by atoms with Gasteiger partial charge < -0.3 is 24.6 Å². The van der Waals surface area contributed by atoms with E-state index in [0.717, 1.165) is 18.2 Å². The minimum atomic E-state index is -4.78. The van der Waals surface area contributed by atoms with Crippen LogP contribution in [0.2, 0.25) is 5.02 Å². The molecule has 11 nitrogen and oxygen atoms in total. The first-order valence-corrected chi connectivity index (χ1v) is 24.6. The van der Waals surface area contributed by atoms with Crippen molar-refractivity contribution < 1.29 is 55.3 Å². The second-order valence-corrected chi connectivity index (χ2v) is 21.4. The van der Waals surface area contributed by atoms with E-state index < -0.39 is 103 Å². The van der Waals surface area contributed by atoms with Gasteiger partial charge in [-0.15, -0.1) is 11.3 Å². The van der Waals surface area contributed by atoms with Crippen molar-refractivity contribution in [3.63, 3.8) is 0 Å². The van der Waals surface area contributed by atoms with Crippen molar-refractivity contribution in [2.24, 2.45) is 11.8 Å². The lowest BCUT2D eigenvalue weighted by atomic mass is 9.92. The molecule has 19 heteroatoms. The van der Waals surface area contributed by atoms with Gasteiger partial charge in [0.25, 0.3) is 0 Å². The normalized spacial score (nSPS) is 24.4. The third kappa shape index (κ3) is 10.6. The summed E-state index contributed by atoms with van der Waals surface area (Å²) in [6.07, 6.45) is -5.68. The van der Waals surface area contributed by atoms with Crippen molar-refractivity contribution in [1.29, 1.82) is 0 Å². The highest BCUT2D eigenvalue weighted by molar-refractivity contribution is 7.59. The fourth-order valence-corrected chi connectivity index (χ4v) is 13.1. The minimum absolute atomic E-state index is 0.101. The Kier molecular flexibility index (Phi) is 14.4. The van der Waals surface area contributed by atoms with Crippen LogP contribution < -0.4 is 14.8 Å². The van der Waals surface area contributed by atoms with Crippen molar-refractivity contribution in [3.05, 3.63) is 64.0 Å². The van der Waals surface area contributed by atoms with E-state index in [9.17, 15) is 45.8 Å². The van der Waals surface area contributed by atoms with Crippen LogP contribution in [0.5, 0.6) is 11.5 Å². The smallest absolute Gasteiger partial charge is 0.395 e. The van der Waals surface area contributed by atoms with E-state index in [0.29, 0.717) is 71.7 Å². The lowest BCUT2D eigenvalue weighted by Crippen LogP contribution is -2.45. The number of halogens is 6. The molecule has 3 aliphatic rings. The number of fused-ring (bicyclic) bond motifs is 3. The van der Waals surface area contributed by atoms with Crippen molar-refractivity contribution >= 4 is 63.8 Å². The number of rotatable bonds is 12. The molecule has 346 valence electrons. The Bertz CT molecular complexity index is 2440. The molecule has 2 aromatic heterocycles. The van der Waals surface area contributed by atoms with Crippen LogP contribution in [-0.4, -0.2) is 80.4 Å². The molecule has 2 unspecified atom stereocenters. The molecule has 6 atom stereocenters. The fourth-order valence-electron chi connectivity index (χ4n) is 9.32. The van der Waals surface area contributed by atoms with E-state index in [1.807, 2.05) is 19.2 Å². The molecule has 4 aromatic rings. The molecule has 0 radical (unpaired) electrons. The first-order valence-electron chi connectivity index (χ1n) is 21.5. The molecule has 0 spiro atoms. The van der Waals surface area contributed by atoms with Crippen LogP contribution in [0.25, 0.3) is 22.3 Å². The molecule has 64 heavy (non-hydrogen) atoms. The minimum Gasteiger partial charge on any atom is -0.495 e. The molecule has 2 saturated heterocycles. The molecule has 2 aliphatic heterocycles. The Hall–Kier alpha value is -4.18. The summed E-state index contributed by atoms with van der Waals surface area (Å²) in [7, 11) is -3.08. The average Bonchev–Trinajstić information content (AvgIpc) is 3.49. The number of amides is 1. The second-order valence-electron chi connectivity index (χ2n) is 17.6. The lowest BCUT2D eigenvalue weighted by Gasteiger charge is -2.30. The summed E-state index contributed by atoms with van der Waals surface area (Å²) in [6.45, 7) is 3.73. The summed E-state index contributed by atoms with van der Waals surface area (Å²) >= 11 is 8.18. The molecule has 7 rings (SSSR count). The largest absolute Gasteiger partial charge is 0.495 e. The molecule has 1 saturated carbocycles. The van der Waals surface area contributed by atoms with Gasteiger partial charge in [0.2, 0.25) is 13.3 Å². The Balaban J connectivity index is 1.26. The number of nitrogens with zero attached hydrogens (tertiary/aromatic N) is 3. The van der Waals surface area contributed by atoms with E-state index in [1.54, 1.807) is 18.2 Å². The number of anilines is 1. The number of methoxy groups -OCH3 is 1. The number of Topliss-reactive ketones (excluding diaryl/α,β-unsaturated/α-hetero) is 2. The van der Waals surface area contributed by atoms with Crippen LogP contribution in [0.15, 0.2) is 41.8 Å². The zero-order valence-corrected chi connectivity index (χ0v) is 38.2. The van der Waals surface area contributed by atoms with Crippen LogP contribution in [0.1, 0.15) is 96.5 Å². The molecule has 2 aromatic carbocycles. The van der Waals surface area contributed by atoms with Crippen LogP contribution in [0.3, 0.4) is 0 Å². The number of ketones is 2. The zero-order chi connectivity index (χ0) is 46.1. The van der Waals surface area contributed by atoms with Gasteiger partial charge in [-0.1, -0.05) is 49.8 Å². The number of alkyl halides is 3. The SMILES string of the molecule is COc1ccc2c(O[C@@H]3C[C@H]4C(=O)C[C@]5(P(=O)(O)Cc6c(F)cccc6F)C[C@H]5CCCCCCCC(CC(=O)CC(F)(F)F)C(=O)N4C3)cc(-c3csc(NC(C)C)n3)nc2c1Cl. The monoisotopic (exact) mass is 952 g/mol. The maximum absolute atomic E-state index is 14.9. The van der Waals surface area contributed by atoms with E-state index in [4.69, 9.17) is 26.1 Å². The predicted molar refractivity (Wildman–Crippen MR) is 234 cm³/mol. The van der Waals surface area contributed by atoms with Gasteiger partial charge in [-0.25, -0.2) is 18.7 Å². The predicted octanol–water partition coefficient (Wildman–Crippen LogP) is 10.9. The van der Waals surface area contributed by atoms with Gasteiger partial charge in [-0.3, -0.25) is 18.9 Å². The summed E-state index contributed by atoms with van der Waals surface area (Å²) < 4.78 is 96.7. The van der Waals surface area contributed by atoms with Gasteiger partial charge in [0, 0.05) is 53.6 Å². The van der Waals surface area contributed by atoms with Gasteiger partial charge in [0.1, 0.15) is 52.2 Å². The fraction of sp³-hybridized carbons (Fsp3) is 0.533. The summed E-state index contributed by atoms with van der Waals surface area (Å²) in [5, 5.41) is 4.83. The number of hydrogen-bond donors (Lipinski definition) is 2. The third-order valence-electron chi connectivity index (χ3n) is 12.6. The number of benzene rings is 2. The topological polar surface area (TPSA) is 148 Å². The number of aromatic nitrogens is 2. The molecule has 4 heterocycles. The maximum Gasteiger partial charge on any atom is 0.395 e. The van der Waals surface area contributed by atoms with Crippen molar-refractivity contribution in [2.45, 2.75) is 127 Å². The van der Waals surface area contributed by atoms with E-state index in [-0.39, 0.29) is 42.6 Å². The van der Waals surface area contributed by atoms with Crippen LogP contribution in [-0.2, 0) is 25.1 Å². The number of carbonyl (C=O) groups excluding carboxylic acids is 3. The first kappa shape index (κ1) is 47.8. The third-order valence-corrected chi connectivity index (χ3v) is 16.6. The summed E-state index contributed by atoms with van der Waals surface area (Å²) in [5.74, 6) is -5.41. The second kappa shape index (κ2) is 19.3. The summed E-state index contributed by atoms with van der Waals surface area (Å²) in [6, 6.07) is 6.96. The Morgan fingerprint density at radius 3 is 2.44 bits per heavy atom. The molecular formula is C45H51ClF5N4O7PS. The molecule has 1 aliphatic carbocycles. The van der Waals surface area contributed by atoms with Gasteiger partial charge in [-0.05, 0) is 63.3 Å². The molecule has 2 N–H and O–H groups in total. The zero-order valence-electron chi connectivity index (χ0n) is 35.7. The van der Waals surface area contributed by atoms with Crippen LogP contribution in [0, 0.1) is 23.5 Å². The standard InChI is InChI=1S/C45H51ClF5N4O7PS/c1-25(2)52-43-54-35(24-64-43)34-18-39(30-14-15-38(61-3)40(46)41(30)53-34)62-29-17-36-37(57)21-44(63(59,60)23-31-32(47)12-9-13-33(31)48)19-27(44)11-8-6-4-5-7-10-26(42(58)55(36)22-29)16-28(56)20-45(49,50)51/h9,12-15,18,24-27,29,36H,4-8,10-11,16-17,19-23H2,1-3H3,(H,52,54)(H,59,60)/t26?,27-,29-,36+,44-/m1/s1. The Labute approximate surface area is 376 Å². The Morgan fingerprint density at radius 1 is 1.05 bits per heavy atom. The highest BCUT2D eigenvalue weighted by Gasteiger charge is 2.66. The number of hydrogen-bond acceptors (Lipinski definition) is 10. The van der Waals surface area contributed by atoms with Crippen molar-refractivity contribution in [3.8, 4) is 22.9 Å². The van der Waals surface area contributed by atoms with E-state index in [2.05, 4.69) is 10.3 Å². The van der Waals surface area contributed by atoms with E-state index >= 15 is 0 Å². The van der Waals surface area contributed by atoms with Gasteiger partial charge in [-0.2, -0.15) is 13.2 Å². The Morgan fingerprint density at radius 2 is 1.75 bits per heavy atom. The quantitative estimate of drug-likeness (QED) is 0.104. The summed E-state index contributed by atoms with van der Waals surface area (Å²) in [5.41, 5.74) is 0.652. The highest BCUT2D eigenvalue weighted by atomic mass is 35.5. The van der Waals surface area contributed by atoms with Crippen LogP contribution >= 0.6 is 30.3 Å². The molecule has 0 bridgehead atoms. The average molecular weight is 953 g/mol. The number of ether oxygens (including phenoxy) is 2. The van der Waals surface area contributed by atoms with Crippen LogP contribution in [0.4, 0.5) is 27.1 Å². The number of nitrogens with one attached hydrogen (secondary N) is 1. The highest BCUT2D eigenvalue weighted by Crippen LogP contribution is 2.75. The first-order chi connectivity index (χ1) is 30.3. The van der Waals surface area contributed by atoms with Gasteiger partial charge in [0.15, 0.2) is 10.9 Å². The van der Waals surface area contributed by atoms with E-state index in [1.165, 1.54) is 23.3 Å². The van der Waals surface area contributed by atoms with Gasteiger partial charge in [0.05, 0.1) is 42.2 Å². The number of carbonyl (C=O) groups is 3. The number of thiazole rings is 1. The lowest BCUT2D eigenvalue weighted by molar-refractivity contribution is -0.155. The molecule has 1 amide bonds.